The number of hydrogen-bond acceptors (Lipinski definition) is 1. The monoisotopic (exact) mass is 639 g/mol. The van der Waals surface area contributed by atoms with Crippen molar-refractivity contribution in [1.29, 1.82) is 0 Å². The smallest absolute Gasteiger partial charge is 0.0713 e. The normalized spacial score (nSPS) is 13.8. The van der Waals surface area contributed by atoms with E-state index in [1.807, 2.05) is 30.3 Å². The maximum absolute atomic E-state index is 9.39. The molecule has 0 unspecified atom stereocenters. The van der Waals surface area contributed by atoms with Crippen LogP contribution >= 0.6 is 0 Å². The van der Waals surface area contributed by atoms with Gasteiger partial charge in [-0.05, 0) is 104 Å². The summed E-state index contributed by atoms with van der Waals surface area (Å²) in [5.74, 6) is 0. The minimum Gasteiger partial charge on any atom is -0.310 e. The standard InChI is InChI=1S/C49H35N/c1-5-15-40(16-6-1)49(41-17-7-2-8-18-41)47-24-14-13-23-45(47)46-32-28-37(34-48(46)49)26-25-36-27-29-39-35-44(31-30-38(39)33-36)50(42-19-9-3-10-20-42)43-21-11-4-12-22-43/h1-35H/b26-25+/i25D,26D. The van der Waals surface area contributed by atoms with Crippen molar-refractivity contribution in [2.75, 3.05) is 4.90 Å². The van der Waals surface area contributed by atoms with E-state index in [1.54, 1.807) is 0 Å². The average Bonchev–Trinajstić information content (AvgIpc) is 3.52. The summed E-state index contributed by atoms with van der Waals surface area (Å²) in [5.41, 5.74) is 11.2. The fourth-order valence-corrected chi connectivity index (χ4v) is 7.72. The third-order valence-electron chi connectivity index (χ3n) is 9.92. The lowest BCUT2D eigenvalue weighted by atomic mass is 9.67. The molecule has 1 aliphatic carbocycles. The van der Waals surface area contributed by atoms with Gasteiger partial charge in [-0.25, -0.2) is 0 Å². The maximum Gasteiger partial charge on any atom is 0.0713 e. The number of rotatable bonds is 7. The first-order valence-electron chi connectivity index (χ1n) is 18.1. The van der Waals surface area contributed by atoms with Crippen LogP contribution in [0.4, 0.5) is 17.1 Å². The van der Waals surface area contributed by atoms with E-state index in [4.69, 9.17) is 0 Å². The maximum atomic E-state index is 9.39. The summed E-state index contributed by atoms with van der Waals surface area (Å²) in [6, 6.07) is 70.0. The van der Waals surface area contributed by atoms with Crippen molar-refractivity contribution in [3.63, 3.8) is 0 Å². The van der Waals surface area contributed by atoms with Crippen LogP contribution in [0.5, 0.6) is 0 Å². The van der Waals surface area contributed by atoms with Crippen LogP contribution in [0.1, 0.15) is 36.1 Å². The van der Waals surface area contributed by atoms with E-state index in [0.29, 0.717) is 0 Å². The molecule has 0 radical (unpaired) electrons. The predicted molar refractivity (Wildman–Crippen MR) is 211 cm³/mol. The van der Waals surface area contributed by atoms with E-state index in [-0.39, 0.29) is 12.1 Å². The molecule has 8 aromatic rings. The lowest BCUT2D eigenvalue weighted by molar-refractivity contribution is 0.768. The Labute approximate surface area is 296 Å². The van der Waals surface area contributed by atoms with Gasteiger partial charge in [-0.1, -0.05) is 164 Å². The Kier molecular flexibility index (Phi) is 6.90. The molecule has 50 heavy (non-hydrogen) atoms. The van der Waals surface area contributed by atoms with Gasteiger partial charge >= 0.3 is 0 Å². The number of benzene rings is 8. The second-order valence-corrected chi connectivity index (χ2v) is 12.8. The van der Waals surface area contributed by atoms with Crippen molar-refractivity contribution < 1.29 is 2.74 Å². The zero-order valence-corrected chi connectivity index (χ0v) is 27.5. The quantitative estimate of drug-likeness (QED) is 0.157. The number of anilines is 3. The van der Waals surface area contributed by atoms with Crippen molar-refractivity contribution in [3.8, 4) is 11.1 Å². The van der Waals surface area contributed by atoms with E-state index < -0.39 is 5.41 Å². The number of nitrogens with zero attached hydrogens (tertiary/aromatic N) is 1. The largest absolute Gasteiger partial charge is 0.310 e. The molecule has 1 heteroatoms. The molecular weight excluding hydrogens is 603 g/mol. The molecule has 0 atom stereocenters. The van der Waals surface area contributed by atoms with Gasteiger partial charge < -0.3 is 4.90 Å². The summed E-state index contributed by atoms with van der Waals surface area (Å²) < 4.78 is 18.7. The van der Waals surface area contributed by atoms with Crippen LogP contribution in [0.15, 0.2) is 200 Å². The molecule has 0 amide bonds. The molecule has 0 N–H and O–H groups in total. The van der Waals surface area contributed by atoms with Gasteiger partial charge in [0.15, 0.2) is 0 Å². The van der Waals surface area contributed by atoms with Gasteiger partial charge in [-0.3, -0.25) is 0 Å². The number of para-hydroxylation sites is 2. The van der Waals surface area contributed by atoms with Gasteiger partial charge in [0.25, 0.3) is 0 Å². The highest BCUT2D eigenvalue weighted by Crippen LogP contribution is 2.56. The number of fused-ring (bicyclic) bond motifs is 4. The van der Waals surface area contributed by atoms with Crippen LogP contribution in [0.2, 0.25) is 0 Å². The minimum atomic E-state index is -0.555. The molecule has 0 aromatic heterocycles. The highest BCUT2D eigenvalue weighted by atomic mass is 15.1. The Bertz CT molecular complexity index is 2500. The Hall–Kier alpha value is -6.44. The molecule has 0 bridgehead atoms. The van der Waals surface area contributed by atoms with Crippen molar-refractivity contribution in [2.24, 2.45) is 0 Å². The van der Waals surface area contributed by atoms with E-state index in [0.717, 1.165) is 50.1 Å². The molecule has 0 heterocycles. The van der Waals surface area contributed by atoms with Crippen LogP contribution in [0.3, 0.4) is 0 Å². The molecule has 1 aliphatic rings. The van der Waals surface area contributed by atoms with Gasteiger partial charge in [0.1, 0.15) is 0 Å². The highest BCUT2D eigenvalue weighted by Gasteiger charge is 2.45. The van der Waals surface area contributed by atoms with Crippen LogP contribution in [-0.2, 0) is 5.41 Å². The van der Waals surface area contributed by atoms with Gasteiger partial charge in [0.2, 0.25) is 0 Å². The molecule has 0 fully saturated rings. The summed E-state index contributed by atoms with van der Waals surface area (Å²) in [5, 5.41) is 2.10. The zero-order valence-electron chi connectivity index (χ0n) is 29.5. The van der Waals surface area contributed by atoms with Crippen molar-refractivity contribution >= 4 is 39.9 Å². The van der Waals surface area contributed by atoms with E-state index in [9.17, 15) is 2.74 Å². The molecule has 0 aliphatic heterocycles. The SMILES string of the molecule is [2H]/C(=C(/[2H])c1ccc2cc(N(c3ccccc3)c3ccccc3)ccc2c1)c1ccc2c(c1)C(c1ccccc1)(c1ccccc1)c1ccccc1-2. The summed E-state index contributed by atoms with van der Waals surface area (Å²) in [4.78, 5) is 2.25. The summed E-state index contributed by atoms with van der Waals surface area (Å²) in [6.45, 7) is 0. The molecule has 9 rings (SSSR count). The Morgan fingerprint density at radius 3 is 1.50 bits per heavy atom. The van der Waals surface area contributed by atoms with Crippen molar-refractivity contribution in [1.82, 2.24) is 0 Å². The highest BCUT2D eigenvalue weighted by molar-refractivity contribution is 5.92. The van der Waals surface area contributed by atoms with E-state index >= 15 is 0 Å². The first-order valence-corrected chi connectivity index (χ1v) is 17.1. The topological polar surface area (TPSA) is 3.24 Å². The predicted octanol–water partition coefficient (Wildman–Crippen LogP) is 12.8. The molecule has 8 aromatic carbocycles. The third kappa shape index (κ3) is 5.03. The first kappa shape index (κ1) is 27.5. The first-order chi connectivity index (χ1) is 25.6. The zero-order chi connectivity index (χ0) is 35.1. The second kappa shape index (κ2) is 12.5. The van der Waals surface area contributed by atoms with Gasteiger partial charge in [0.05, 0.1) is 8.16 Å². The van der Waals surface area contributed by atoms with Gasteiger partial charge in [-0.15, -0.1) is 0 Å². The second-order valence-electron chi connectivity index (χ2n) is 12.8. The fraction of sp³-hybridized carbons (Fsp3) is 0.0204. The summed E-state index contributed by atoms with van der Waals surface area (Å²) in [6.07, 6.45) is 0. The third-order valence-corrected chi connectivity index (χ3v) is 9.92. The van der Waals surface area contributed by atoms with Crippen LogP contribution in [-0.4, -0.2) is 0 Å². The molecule has 0 saturated carbocycles. The van der Waals surface area contributed by atoms with E-state index in [1.165, 1.54) is 22.3 Å². The van der Waals surface area contributed by atoms with E-state index in [2.05, 4.69) is 175 Å². The molecular formula is C49H35N. The summed E-state index contributed by atoms with van der Waals surface area (Å²) in [7, 11) is 0. The van der Waals surface area contributed by atoms with Crippen molar-refractivity contribution in [2.45, 2.75) is 5.41 Å². The lowest BCUT2D eigenvalue weighted by Crippen LogP contribution is -2.28. The van der Waals surface area contributed by atoms with Crippen molar-refractivity contribution in [3.05, 3.63) is 234 Å². The fourth-order valence-electron chi connectivity index (χ4n) is 7.72. The lowest BCUT2D eigenvalue weighted by Gasteiger charge is -2.34. The average molecular weight is 640 g/mol. The van der Waals surface area contributed by atoms with Crippen LogP contribution < -0.4 is 4.90 Å². The minimum absolute atomic E-state index is 0.196. The molecule has 1 nitrogen and oxygen atoms in total. The Morgan fingerprint density at radius 2 is 0.860 bits per heavy atom. The number of hydrogen-bond donors (Lipinski definition) is 0. The van der Waals surface area contributed by atoms with Gasteiger partial charge in [-0.2, -0.15) is 0 Å². The molecule has 0 spiro atoms. The van der Waals surface area contributed by atoms with Crippen LogP contribution in [0, 0.1) is 0 Å². The Balaban J connectivity index is 1.14. The van der Waals surface area contributed by atoms with Crippen LogP contribution in [0.25, 0.3) is 34.0 Å². The molecule has 0 saturated heterocycles. The Morgan fingerprint density at radius 1 is 0.380 bits per heavy atom. The van der Waals surface area contributed by atoms with Gasteiger partial charge in [0, 0.05) is 17.1 Å². The molecule has 236 valence electrons. The summed E-state index contributed by atoms with van der Waals surface area (Å²) >= 11 is 0.